The average Bonchev–Trinajstić information content (AvgIpc) is 2.93. The molecule has 100 valence electrons. The van der Waals surface area contributed by atoms with Gasteiger partial charge in [0.15, 0.2) is 0 Å². The van der Waals surface area contributed by atoms with Gasteiger partial charge >= 0.3 is 6.03 Å². The van der Waals surface area contributed by atoms with Gasteiger partial charge in [0, 0.05) is 30.2 Å². The lowest BCUT2D eigenvalue weighted by atomic mass is 10.3. The molecule has 0 atom stereocenters. The van der Waals surface area contributed by atoms with E-state index < -0.39 is 0 Å². The fraction of sp³-hybridized carbons (Fsp3) is 0.231. The van der Waals surface area contributed by atoms with Gasteiger partial charge in [-0.1, -0.05) is 0 Å². The molecule has 0 aliphatic carbocycles. The number of methoxy groups -OCH3 is 1. The predicted octanol–water partition coefficient (Wildman–Crippen LogP) is 2.52. The van der Waals surface area contributed by atoms with Crippen LogP contribution in [0.25, 0.3) is 0 Å². The van der Waals surface area contributed by atoms with Crippen molar-refractivity contribution in [2.75, 3.05) is 19.0 Å². The summed E-state index contributed by atoms with van der Waals surface area (Å²) in [5.74, 6) is 0.759. The van der Waals surface area contributed by atoms with Gasteiger partial charge in [-0.25, -0.2) is 9.78 Å². The van der Waals surface area contributed by atoms with E-state index in [9.17, 15) is 4.79 Å². The summed E-state index contributed by atoms with van der Waals surface area (Å²) in [7, 11) is 1.60. The molecule has 0 aliphatic heterocycles. The average molecular weight is 277 g/mol. The number of nitrogens with one attached hydrogen (secondary N) is 2. The molecule has 2 aromatic rings. The lowest BCUT2D eigenvalue weighted by Crippen LogP contribution is -2.30. The maximum Gasteiger partial charge on any atom is 0.319 e. The lowest BCUT2D eigenvalue weighted by molar-refractivity contribution is 0.252. The third-order valence-electron chi connectivity index (χ3n) is 2.46. The number of ether oxygens (including phenoxy) is 1. The zero-order chi connectivity index (χ0) is 13.5. The topological polar surface area (TPSA) is 63.2 Å². The number of benzene rings is 1. The molecule has 2 N–H and O–H groups in total. The van der Waals surface area contributed by atoms with Crippen LogP contribution < -0.4 is 15.4 Å². The fourth-order valence-electron chi connectivity index (χ4n) is 1.51. The standard InChI is InChI=1S/C13H15N3O2S/c1-18-11-4-2-10(3-5-11)16-13(17)15-7-6-12-14-8-9-19-12/h2-5,8-9H,6-7H2,1H3,(H2,15,16,17). The number of hydrogen-bond acceptors (Lipinski definition) is 4. The quantitative estimate of drug-likeness (QED) is 0.882. The largest absolute Gasteiger partial charge is 0.497 e. The summed E-state index contributed by atoms with van der Waals surface area (Å²) in [5, 5.41) is 8.48. The summed E-state index contributed by atoms with van der Waals surface area (Å²) in [6.07, 6.45) is 2.51. The fourth-order valence-corrected chi connectivity index (χ4v) is 2.13. The highest BCUT2D eigenvalue weighted by molar-refractivity contribution is 7.09. The summed E-state index contributed by atoms with van der Waals surface area (Å²) < 4.78 is 5.05. The minimum absolute atomic E-state index is 0.221. The maximum absolute atomic E-state index is 11.6. The molecule has 0 saturated carbocycles. The van der Waals surface area contributed by atoms with Crippen molar-refractivity contribution in [1.29, 1.82) is 0 Å². The number of nitrogens with zero attached hydrogens (tertiary/aromatic N) is 1. The molecule has 2 rings (SSSR count). The zero-order valence-electron chi connectivity index (χ0n) is 10.6. The summed E-state index contributed by atoms with van der Waals surface area (Å²) in [5.41, 5.74) is 0.729. The maximum atomic E-state index is 11.6. The Balaban J connectivity index is 1.74. The number of aromatic nitrogens is 1. The van der Waals surface area contributed by atoms with Crippen LogP contribution in [-0.2, 0) is 6.42 Å². The van der Waals surface area contributed by atoms with E-state index in [4.69, 9.17) is 4.74 Å². The van der Waals surface area contributed by atoms with Crippen molar-refractivity contribution in [3.05, 3.63) is 40.8 Å². The van der Waals surface area contributed by atoms with Gasteiger partial charge in [0.25, 0.3) is 0 Å². The van der Waals surface area contributed by atoms with Crippen LogP contribution in [0.5, 0.6) is 5.75 Å². The van der Waals surface area contributed by atoms with Crippen molar-refractivity contribution in [2.24, 2.45) is 0 Å². The second kappa shape index (κ2) is 6.75. The Hall–Kier alpha value is -2.08. The van der Waals surface area contributed by atoms with Gasteiger partial charge in [0.05, 0.1) is 12.1 Å². The first-order chi connectivity index (χ1) is 9.28. The van der Waals surface area contributed by atoms with Crippen molar-refractivity contribution in [1.82, 2.24) is 10.3 Å². The molecule has 0 spiro atoms. The Morgan fingerprint density at radius 1 is 1.37 bits per heavy atom. The van der Waals surface area contributed by atoms with Crippen molar-refractivity contribution in [3.63, 3.8) is 0 Å². The van der Waals surface area contributed by atoms with Gasteiger partial charge in [-0.05, 0) is 24.3 Å². The highest BCUT2D eigenvalue weighted by Crippen LogP contribution is 2.14. The van der Waals surface area contributed by atoms with E-state index in [2.05, 4.69) is 15.6 Å². The summed E-state index contributed by atoms with van der Waals surface area (Å²) in [6.45, 7) is 0.565. The molecule has 0 bridgehead atoms. The van der Waals surface area contributed by atoms with Crippen LogP contribution in [0.15, 0.2) is 35.8 Å². The molecule has 2 amide bonds. The number of hydrogen-bond donors (Lipinski definition) is 2. The van der Waals surface area contributed by atoms with Crippen LogP contribution >= 0.6 is 11.3 Å². The summed E-state index contributed by atoms with van der Waals surface area (Å²) in [4.78, 5) is 15.8. The van der Waals surface area contributed by atoms with E-state index in [1.807, 2.05) is 5.38 Å². The van der Waals surface area contributed by atoms with Crippen LogP contribution in [-0.4, -0.2) is 24.7 Å². The highest BCUT2D eigenvalue weighted by atomic mass is 32.1. The number of anilines is 1. The SMILES string of the molecule is COc1ccc(NC(=O)NCCc2nccs2)cc1. The first kappa shape index (κ1) is 13.4. The van der Waals surface area contributed by atoms with Crippen molar-refractivity contribution in [3.8, 4) is 5.75 Å². The van der Waals surface area contributed by atoms with Gasteiger partial charge in [-0.3, -0.25) is 0 Å². The monoisotopic (exact) mass is 277 g/mol. The number of carbonyl (C=O) groups is 1. The van der Waals surface area contributed by atoms with Gasteiger partial charge in [0.1, 0.15) is 5.75 Å². The van der Waals surface area contributed by atoms with Crippen molar-refractivity contribution < 1.29 is 9.53 Å². The van der Waals surface area contributed by atoms with E-state index >= 15 is 0 Å². The smallest absolute Gasteiger partial charge is 0.319 e. The first-order valence-electron chi connectivity index (χ1n) is 5.85. The molecular formula is C13H15N3O2S. The third-order valence-corrected chi connectivity index (χ3v) is 3.30. The second-order valence-corrected chi connectivity index (χ2v) is 4.76. The molecule has 6 heteroatoms. The van der Waals surface area contributed by atoms with E-state index in [1.54, 1.807) is 48.9 Å². The van der Waals surface area contributed by atoms with Crippen molar-refractivity contribution >= 4 is 23.1 Å². The van der Waals surface area contributed by atoms with Gasteiger partial charge in [0.2, 0.25) is 0 Å². The zero-order valence-corrected chi connectivity index (χ0v) is 11.4. The highest BCUT2D eigenvalue weighted by Gasteiger charge is 2.02. The normalized spacial score (nSPS) is 9.95. The lowest BCUT2D eigenvalue weighted by Gasteiger charge is -2.07. The molecule has 1 aromatic carbocycles. The molecule has 0 saturated heterocycles. The van der Waals surface area contributed by atoms with Crippen LogP contribution in [0.4, 0.5) is 10.5 Å². The first-order valence-corrected chi connectivity index (χ1v) is 6.73. The third kappa shape index (κ3) is 4.26. The Morgan fingerprint density at radius 3 is 2.79 bits per heavy atom. The van der Waals surface area contributed by atoms with Crippen LogP contribution in [0.2, 0.25) is 0 Å². The van der Waals surface area contributed by atoms with E-state index in [0.29, 0.717) is 6.54 Å². The minimum Gasteiger partial charge on any atom is -0.497 e. The molecule has 0 radical (unpaired) electrons. The Morgan fingerprint density at radius 2 is 2.16 bits per heavy atom. The Kier molecular flexibility index (Phi) is 4.74. The molecule has 1 aromatic heterocycles. The predicted molar refractivity (Wildman–Crippen MR) is 75.8 cm³/mol. The Labute approximate surface area is 115 Å². The number of amides is 2. The summed E-state index contributed by atoms with van der Waals surface area (Å²) >= 11 is 1.59. The molecule has 0 fully saturated rings. The molecule has 1 heterocycles. The number of urea groups is 1. The van der Waals surface area contributed by atoms with E-state index in [-0.39, 0.29) is 6.03 Å². The van der Waals surface area contributed by atoms with Gasteiger partial charge in [-0.2, -0.15) is 0 Å². The Bertz CT molecular complexity index is 511. The van der Waals surface area contributed by atoms with Crippen LogP contribution in [0.1, 0.15) is 5.01 Å². The molecule has 5 nitrogen and oxygen atoms in total. The molecular weight excluding hydrogens is 262 g/mol. The van der Waals surface area contributed by atoms with Gasteiger partial charge < -0.3 is 15.4 Å². The summed E-state index contributed by atoms with van der Waals surface area (Å²) in [6, 6.07) is 6.95. The van der Waals surface area contributed by atoms with E-state index in [0.717, 1.165) is 22.9 Å². The molecule has 0 unspecified atom stereocenters. The van der Waals surface area contributed by atoms with Gasteiger partial charge in [-0.15, -0.1) is 11.3 Å². The minimum atomic E-state index is -0.221. The number of thiazole rings is 1. The molecule has 0 aliphatic rings. The van der Waals surface area contributed by atoms with Crippen LogP contribution in [0.3, 0.4) is 0 Å². The number of carbonyl (C=O) groups excluding carboxylic acids is 1. The van der Waals surface area contributed by atoms with Crippen molar-refractivity contribution in [2.45, 2.75) is 6.42 Å². The molecule has 19 heavy (non-hydrogen) atoms. The van der Waals surface area contributed by atoms with E-state index in [1.165, 1.54) is 0 Å². The van der Waals surface area contributed by atoms with Crippen LogP contribution in [0, 0.1) is 0 Å². The second-order valence-electron chi connectivity index (χ2n) is 3.79. The number of rotatable bonds is 5.